The number of nitrogens with one attached hydrogen (secondary N) is 2. The summed E-state index contributed by atoms with van der Waals surface area (Å²) < 4.78 is 67.8. The summed E-state index contributed by atoms with van der Waals surface area (Å²) in [7, 11) is 0. The molecule has 278 valence electrons. The lowest BCUT2D eigenvalue weighted by Crippen LogP contribution is -2.26. The summed E-state index contributed by atoms with van der Waals surface area (Å²) in [5.41, 5.74) is 0.319. The maximum absolute atomic E-state index is 16.4. The van der Waals surface area contributed by atoms with Crippen molar-refractivity contribution in [3.8, 4) is 11.1 Å². The van der Waals surface area contributed by atoms with Crippen LogP contribution in [0.5, 0.6) is 0 Å². The fourth-order valence-corrected chi connectivity index (χ4v) is 7.33. The molecule has 4 N–H and O–H groups in total. The van der Waals surface area contributed by atoms with E-state index in [1.54, 1.807) is 9.36 Å². The number of nitrogens with zero attached hydrogens (tertiary/aromatic N) is 6. The van der Waals surface area contributed by atoms with Crippen LogP contribution in [0.4, 0.5) is 40.6 Å². The van der Waals surface area contributed by atoms with Crippen molar-refractivity contribution in [1.82, 2.24) is 29.5 Å². The van der Waals surface area contributed by atoms with E-state index < -0.39 is 35.5 Å². The Morgan fingerprint density at radius 3 is 2.20 bits per heavy atom. The van der Waals surface area contributed by atoms with Gasteiger partial charge in [-0.2, -0.15) is 10.2 Å². The van der Waals surface area contributed by atoms with E-state index in [0.29, 0.717) is 41.4 Å². The van der Waals surface area contributed by atoms with Gasteiger partial charge in [0.1, 0.15) is 11.6 Å². The summed E-state index contributed by atoms with van der Waals surface area (Å²) in [5.74, 6) is -6.59. The highest BCUT2D eigenvalue weighted by atomic mass is 19.3. The first-order chi connectivity index (χ1) is 26.0. The van der Waals surface area contributed by atoms with Crippen LogP contribution in [0.1, 0.15) is 71.3 Å². The summed E-state index contributed by atoms with van der Waals surface area (Å²) >= 11 is 0. The zero-order valence-electron chi connectivity index (χ0n) is 28.4. The average molecular weight is 745 g/mol. The molecular weight excluding hydrogens is 712 g/mol. The number of hydrogen-bond donors (Lipinski definition) is 4. The number of fused-ring (bicyclic) bond motifs is 2. The molecule has 0 amide bonds. The first kappa shape index (κ1) is 35.0. The average Bonchev–Trinajstić information content (AvgIpc) is 3.68. The first-order valence-electron chi connectivity index (χ1n) is 17.3. The molecule has 1 atom stereocenters. The smallest absolute Gasteiger partial charge is 0.338 e. The Morgan fingerprint density at radius 2 is 1.50 bits per heavy atom. The molecule has 13 nitrogen and oxygen atoms in total. The SMILES string of the molecule is O=C(O)c1ccncc1Nc1nn(C2CCCOC2)c2cc(-c3cncc(Nc4nn(C5CCC(F)(F)CC5)c5ccc(F)cc45)c3C(=O)O)c(F)cc12. The van der Waals surface area contributed by atoms with Gasteiger partial charge in [-0.1, -0.05) is 0 Å². The molecule has 5 heterocycles. The molecule has 0 radical (unpaired) electrons. The normalized spacial score (nSPS) is 17.5. The fourth-order valence-electron chi connectivity index (χ4n) is 7.33. The maximum Gasteiger partial charge on any atom is 0.338 e. The monoisotopic (exact) mass is 744 g/mol. The van der Waals surface area contributed by atoms with E-state index in [2.05, 4.69) is 25.7 Å². The van der Waals surface area contributed by atoms with Gasteiger partial charge in [0.2, 0.25) is 5.92 Å². The van der Waals surface area contributed by atoms with Gasteiger partial charge in [0.15, 0.2) is 11.6 Å². The van der Waals surface area contributed by atoms with Crippen LogP contribution in [0, 0.1) is 11.6 Å². The highest BCUT2D eigenvalue weighted by molar-refractivity contribution is 6.05. The molecule has 1 saturated carbocycles. The van der Waals surface area contributed by atoms with E-state index in [-0.39, 0.29) is 77.0 Å². The molecule has 2 aromatic carbocycles. The Morgan fingerprint density at radius 1 is 0.796 bits per heavy atom. The van der Waals surface area contributed by atoms with Crippen molar-refractivity contribution < 1.29 is 42.1 Å². The van der Waals surface area contributed by atoms with Crippen molar-refractivity contribution in [1.29, 1.82) is 0 Å². The third kappa shape index (κ3) is 6.44. The molecule has 0 spiro atoms. The first-order valence-corrected chi connectivity index (χ1v) is 17.3. The molecule has 1 unspecified atom stereocenters. The Bertz CT molecular complexity index is 2430. The van der Waals surface area contributed by atoms with Crippen molar-refractivity contribution in [3.05, 3.63) is 83.9 Å². The van der Waals surface area contributed by atoms with Gasteiger partial charge in [-0.25, -0.2) is 27.2 Å². The van der Waals surface area contributed by atoms with Gasteiger partial charge in [0.05, 0.1) is 64.6 Å². The van der Waals surface area contributed by atoms with Crippen LogP contribution in [0.3, 0.4) is 0 Å². The Balaban J connectivity index is 1.23. The van der Waals surface area contributed by atoms with Crippen molar-refractivity contribution in [2.24, 2.45) is 0 Å². The Kier molecular flexibility index (Phi) is 8.87. The quantitative estimate of drug-likeness (QED) is 0.106. The minimum atomic E-state index is -2.78. The van der Waals surface area contributed by atoms with E-state index in [1.807, 2.05) is 0 Å². The summed E-state index contributed by atoms with van der Waals surface area (Å²) in [4.78, 5) is 33.1. The Labute approximate surface area is 303 Å². The lowest BCUT2D eigenvalue weighted by molar-refractivity contribution is -0.0445. The molecule has 17 heteroatoms. The molecule has 1 aliphatic carbocycles. The van der Waals surface area contributed by atoms with E-state index in [9.17, 15) is 33.0 Å². The van der Waals surface area contributed by atoms with Gasteiger partial charge in [-0.15, -0.1) is 0 Å². The molecule has 1 saturated heterocycles. The zero-order chi connectivity index (χ0) is 37.7. The van der Waals surface area contributed by atoms with Gasteiger partial charge in [-0.05, 0) is 62.1 Å². The second kappa shape index (κ2) is 13.7. The highest BCUT2D eigenvalue weighted by Gasteiger charge is 2.36. The zero-order valence-corrected chi connectivity index (χ0v) is 28.4. The lowest BCUT2D eigenvalue weighted by atomic mass is 9.92. The fraction of sp³-hybridized carbons (Fsp3) is 0.297. The number of ether oxygens (including phenoxy) is 1. The van der Waals surface area contributed by atoms with Crippen LogP contribution in [0.15, 0.2) is 61.2 Å². The summed E-state index contributed by atoms with van der Waals surface area (Å²) in [6.07, 6.45) is 6.15. The van der Waals surface area contributed by atoms with Crippen LogP contribution in [0.2, 0.25) is 0 Å². The predicted molar refractivity (Wildman–Crippen MR) is 189 cm³/mol. The van der Waals surface area contributed by atoms with E-state index in [4.69, 9.17) is 9.84 Å². The van der Waals surface area contributed by atoms with Gasteiger partial charge < -0.3 is 25.6 Å². The van der Waals surface area contributed by atoms with Crippen LogP contribution in [0.25, 0.3) is 32.9 Å². The van der Waals surface area contributed by atoms with Crippen molar-refractivity contribution >= 4 is 56.8 Å². The molecule has 0 bridgehead atoms. The number of hydrogen-bond acceptors (Lipinski definition) is 9. The summed E-state index contributed by atoms with van der Waals surface area (Å²) in [5, 5.41) is 36.1. The number of aromatic nitrogens is 6. The van der Waals surface area contributed by atoms with Crippen LogP contribution >= 0.6 is 0 Å². The molecule has 6 aromatic rings. The lowest BCUT2D eigenvalue weighted by Gasteiger charge is -2.28. The standard InChI is InChI=1S/C37H32F4N8O5/c38-19-3-4-30-24(12-19)33(46-48(30)20-5-8-37(40,41)9-6-20)45-29-17-43-15-26(32(29)36(52)53)23-14-31-25(13-27(23)39)34(47-49(31)21-2-1-11-54-18-21)44-28-16-42-10-7-22(28)35(50)51/h3-4,7,10,12-17,20-21H,1-2,5-6,8-9,11,18H2,(H,44,47)(H,45,46)(H,50,51)(H,52,53). The van der Waals surface area contributed by atoms with Crippen molar-refractivity contribution in [2.75, 3.05) is 23.8 Å². The molecule has 1 aliphatic heterocycles. The van der Waals surface area contributed by atoms with E-state index in [1.165, 1.54) is 61.2 Å². The van der Waals surface area contributed by atoms with Crippen LogP contribution in [-0.4, -0.2) is 70.8 Å². The maximum atomic E-state index is 16.4. The number of carbonyl (C=O) groups is 2. The Hall–Kier alpha value is -6.10. The molecule has 54 heavy (non-hydrogen) atoms. The number of benzene rings is 2. The number of rotatable bonds is 9. The second-order valence-corrected chi connectivity index (χ2v) is 13.4. The van der Waals surface area contributed by atoms with E-state index in [0.717, 1.165) is 6.42 Å². The topological polar surface area (TPSA) is 169 Å². The molecular formula is C37H32F4N8O5. The van der Waals surface area contributed by atoms with E-state index >= 15 is 4.39 Å². The number of alkyl halides is 2. The van der Waals surface area contributed by atoms with Gasteiger partial charge in [-0.3, -0.25) is 19.3 Å². The largest absolute Gasteiger partial charge is 0.478 e. The van der Waals surface area contributed by atoms with Crippen LogP contribution < -0.4 is 10.6 Å². The third-order valence-electron chi connectivity index (χ3n) is 9.99. The van der Waals surface area contributed by atoms with Gasteiger partial charge in [0.25, 0.3) is 0 Å². The molecule has 4 aromatic heterocycles. The van der Waals surface area contributed by atoms with Crippen LogP contribution in [-0.2, 0) is 4.74 Å². The predicted octanol–water partition coefficient (Wildman–Crippen LogP) is 8.11. The minimum Gasteiger partial charge on any atom is -0.478 e. The molecule has 2 aliphatic rings. The number of carboxylic acid groups (broad SMARTS) is 2. The van der Waals surface area contributed by atoms with Crippen molar-refractivity contribution in [2.45, 2.75) is 56.5 Å². The van der Waals surface area contributed by atoms with Gasteiger partial charge in [0, 0.05) is 53.7 Å². The summed E-state index contributed by atoms with van der Waals surface area (Å²) in [6, 6.07) is 7.25. The van der Waals surface area contributed by atoms with Crippen molar-refractivity contribution in [3.63, 3.8) is 0 Å². The van der Waals surface area contributed by atoms with Gasteiger partial charge >= 0.3 is 11.9 Å². The molecule has 2 fully saturated rings. The second-order valence-electron chi connectivity index (χ2n) is 13.4. The number of halogens is 4. The molecule has 8 rings (SSSR count). The third-order valence-corrected chi connectivity index (χ3v) is 9.99. The number of anilines is 4. The summed E-state index contributed by atoms with van der Waals surface area (Å²) in [6.45, 7) is 0.866. The number of aromatic carboxylic acids is 2. The minimum absolute atomic E-state index is 0.0696. The number of carboxylic acids is 2. The number of pyridine rings is 2. The highest BCUT2D eigenvalue weighted by Crippen LogP contribution is 2.42.